The molecule has 22 heavy (non-hydrogen) atoms. The second-order valence-corrected chi connectivity index (χ2v) is 4.48. The first-order chi connectivity index (χ1) is 10.6. The summed E-state index contributed by atoms with van der Waals surface area (Å²) in [5.74, 6) is -3.99. The summed E-state index contributed by atoms with van der Waals surface area (Å²) in [5.41, 5.74) is 1.93. The predicted octanol–water partition coefficient (Wildman–Crippen LogP) is 3.43. The molecule has 3 rings (SSSR count). The largest absolute Gasteiger partial charge is 0.247 e. The zero-order valence-corrected chi connectivity index (χ0v) is 10.9. The molecule has 0 saturated carbocycles. The minimum Gasteiger partial charge on any atom is -0.247 e. The zero-order chi connectivity index (χ0) is 15.7. The van der Waals surface area contributed by atoms with Crippen LogP contribution in [0.2, 0.25) is 0 Å². The number of H-pyrrole nitrogens is 1. The van der Waals surface area contributed by atoms with Crippen molar-refractivity contribution in [3.05, 3.63) is 59.5 Å². The molecule has 0 radical (unpaired) electrons. The summed E-state index contributed by atoms with van der Waals surface area (Å²) in [4.78, 5) is 0. The van der Waals surface area contributed by atoms with Crippen LogP contribution in [0.4, 0.5) is 13.2 Å². The van der Waals surface area contributed by atoms with Crippen LogP contribution < -0.4 is 0 Å². The highest BCUT2D eigenvalue weighted by molar-refractivity contribution is 5.70. The number of hydrogen-bond acceptors (Lipinski definition) is 3. The highest BCUT2D eigenvalue weighted by Gasteiger charge is 2.13. The number of rotatable bonds is 2. The van der Waals surface area contributed by atoms with Gasteiger partial charge in [-0.25, -0.2) is 18.3 Å². The first-order valence-corrected chi connectivity index (χ1v) is 6.16. The Kier molecular flexibility index (Phi) is 3.35. The molecule has 1 heterocycles. The Morgan fingerprint density at radius 1 is 0.909 bits per heavy atom. The molecule has 0 atom stereocenters. The van der Waals surface area contributed by atoms with Gasteiger partial charge in [-0.2, -0.15) is 5.26 Å². The van der Waals surface area contributed by atoms with E-state index in [1.165, 1.54) is 0 Å². The van der Waals surface area contributed by atoms with Gasteiger partial charge in [-0.05, 0) is 23.3 Å². The number of nitrogens with zero attached hydrogens (tertiary/aromatic N) is 3. The van der Waals surface area contributed by atoms with Crippen molar-refractivity contribution in [1.29, 1.82) is 5.26 Å². The van der Waals surface area contributed by atoms with E-state index in [0.29, 0.717) is 16.8 Å². The van der Waals surface area contributed by atoms with Crippen molar-refractivity contribution >= 4 is 0 Å². The summed E-state index contributed by atoms with van der Waals surface area (Å²) in [6.45, 7) is 0. The maximum absolute atomic E-state index is 13.3. The van der Waals surface area contributed by atoms with Crippen LogP contribution in [0.3, 0.4) is 0 Å². The molecule has 0 aliphatic rings. The number of nitrogens with one attached hydrogen (secondary N) is 1. The van der Waals surface area contributed by atoms with Gasteiger partial charge in [0.1, 0.15) is 11.8 Å². The molecule has 3 aromatic rings. The second-order valence-electron chi connectivity index (χ2n) is 4.48. The Labute approximate surface area is 122 Å². The number of aromatic nitrogens is 3. The van der Waals surface area contributed by atoms with Crippen LogP contribution in [-0.2, 0) is 0 Å². The van der Waals surface area contributed by atoms with Crippen LogP contribution in [0, 0.1) is 28.8 Å². The number of halogens is 3. The predicted molar refractivity (Wildman–Crippen MR) is 71.8 cm³/mol. The van der Waals surface area contributed by atoms with Crippen LogP contribution in [0.15, 0.2) is 36.4 Å². The lowest BCUT2D eigenvalue weighted by atomic mass is 10.0. The molecule has 0 fully saturated rings. The molecular formula is C15H7F3N4. The number of aromatic amines is 1. The summed E-state index contributed by atoms with van der Waals surface area (Å²) < 4.78 is 39.5. The lowest BCUT2D eigenvalue weighted by Gasteiger charge is -2.05. The van der Waals surface area contributed by atoms with E-state index < -0.39 is 17.5 Å². The first-order valence-electron chi connectivity index (χ1n) is 6.16. The third-order valence-electron chi connectivity index (χ3n) is 3.14. The van der Waals surface area contributed by atoms with Crippen LogP contribution in [0.1, 0.15) is 5.69 Å². The van der Waals surface area contributed by atoms with Crippen LogP contribution in [-0.4, -0.2) is 15.4 Å². The SMILES string of the molecule is N#Cc1[nH]nnc1-c1ccc(-c2cc(F)c(F)c(F)c2)cc1. The number of benzene rings is 2. The van der Waals surface area contributed by atoms with Gasteiger partial charge in [-0.3, -0.25) is 0 Å². The lowest BCUT2D eigenvalue weighted by molar-refractivity contribution is 0.448. The maximum atomic E-state index is 13.3. The highest BCUT2D eigenvalue weighted by Crippen LogP contribution is 2.27. The Balaban J connectivity index is 2.00. The van der Waals surface area contributed by atoms with Gasteiger partial charge >= 0.3 is 0 Å². The lowest BCUT2D eigenvalue weighted by Crippen LogP contribution is -1.92. The van der Waals surface area contributed by atoms with E-state index in [4.69, 9.17) is 5.26 Å². The molecule has 108 valence electrons. The van der Waals surface area contributed by atoms with Crippen molar-refractivity contribution < 1.29 is 13.2 Å². The van der Waals surface area contributed by atoms with Gasteiger partial charge < -0.3 is 0 Å². The fourth-order valence-electron chi connectivity index (χ4n) is 2.05. The van der Waals surface area contributed by atoms with Gasteiger partial charge in [0.15, 0.2) is 23.1 Å². The molecule has 0 amide bonds. The molecule has 0 bridgehead atoms. The molecule has 0 saturated heterocycles. The average Bonchev–Trinajstić information content (AvgIpc) is 3.01. The van der Waals surface area contributed by atoms with Crippen LogP contribution >= 0.6 is 0 Å². The quantitative estimate of drug-likeness (QED) is 0.737. The van der Waals surface area contributed by atoms with E-state index in [9.17, 15) is 13.2 Å². The van der Waals surface area contributed by atoms with Crippen LogP contribution in [0.5, 0.6) is 0 Å². The van der Waals surface area contributed by atoms with Crippen molar-refractivity contribution in [2.24, 2.45) is 0 Å². The van der Waals surface area contributed by atoms with E-state index in [1.807, 2.05) is 6.07 Å². The van der Waals surface area contributed by atoms with E-state index in [-0.39, 0.29) is 11.3 Å². The molecule has 0 aliphatic heterocycles. The van der Waals surface area contributed by atoms with Crippen molar-refractivity contribution in [3.63, 3.8) is 0 Å². The number of hydrogen-bond donors (Lipinski definition) is 1. The van der Waals surface area contributed by atoms with Crippen molar-refractivity contribution in [1.82, 2.24) is 15.4 Å². The fraction of sp³-hybridized carbons (Fsp3) is 0. The summed E-state index contributed by atoms with van der Waals surface area (Å²) in [5, 5.41) is 18.7. The Bertz CT molecular complexity index is 856. The standard InChI is InChI=1S/C15H7F3N4/c16-11-5-10(6-12(17)14(11)18)8-1-3-9(4-2-8)15-13(7-19)20-22-21-15/h1-6H,(H,20,21,22). The van der Waals surface area contributed by atoms with Gasteiger partial charge in [0, 0.05) is 5.56 Å². The number of nitriles is 1. The molecule has 0 aliphatic carbocycles. The molecule has 7 heteroatoms. The minimum atomic E-state index is -1.50. The zero-order valence-electron chi connectivity index (χ0n) is 10.9. The Hall–Kier alpha value is -3.14. The minimum absolute atomic E-state index is 0.212. The summed E-state index contributed by atoms with van der Waals surface area (Å²) in [7, 11) is 0. The third-order valence-corrected chi connectivity index (χ3v) is 3.14. The van der Waals surface area contributed by atoms with Gasteiger partial charge in [0.05, 0.1) is 0 Å². The van der Waals surface area contributed by atoms with E-state index >= 15 is 0 Å². The van der Waals surface area contributed by atoms with Crippen LogP contribution in [0.25, 0.3) is 22.4 Å². The molecule has 1 aromatic heterocycles. The summed E-state index contributed by atoms with van der Waals surface area (Å²) >= 11 is 0. The smallest absolute Gasteiger partial charge is 0.194 e. The molecule has 1 N–H and O–H groups in total. The van der Waals surface area contributed by atoms with Crippen molar-refractivity contribution in [3.8, 4) is 28.5 Å². The second kappa shape index (κ2) is 5.33. The molecule has 2 aromatic carbocycles. The Morgan fingerprint density at radius 3 is 2.09 bits per heavy atom. The normalized spacial score (nSPS) is 10.5. The maximum Gasteiger partial charge on any atom is 0.194 e. The highest BCUT2D eigenvalue weighted by atomic mass is 19.2. The van der Waals surface area contributed by atoms with Gasteiger partial charge in [-0.1, -0.05) is 29.5 Å². The van der Waals surface area contributed by atoms with Crippen molar-refractivity contribution in [2.75, 3.05) is 0 Å². The van der Waals surface area contributed by atoms with E-state index in [2.05, 4.69) is 15.4 Å². The topological polar surface area (TPSA) is 65.4 Å². The fourth-order valence-corrected chi connectivity index (χ4v) is 2.05. The summed E-state index contributed by atoms with van der Waals surface area (Å²) in [6.07, 6.45) is 0. The average molecular weight is 300 g/mol. The molecule has 0 unspecified atom stereocenters. The monoisotopic (exact) mass is 300 g/mol. The Morgan fingerprint density at radius 2 is 1.50 bits per heavy atom. The van der Waals surface area contributed by atoms with Crippen molar-refractivity contribution in [2.45, 2.75) is 0 Å². The van der Waals surface area contributed by atoms with Gasteiger partial charge in [0.25, 0.3) is 0 Å². The first kappa shape index (κ1) is 13.8. The van der Waals surface area contributed by atoms with Gasteiger partial charge in [0.2, 0.25) is 0 Å². The van der Waals surface area contributed by atoms with Gasteiger partial charge in [-0.15, -0.1) is 5.10 Å². The molecular weight excluding hydrogens is 293 g/mol. The van der Waals surface area contributed by atoms with E-state index in [0.717, 1.165) is 12.1 Å². The molecule has 4 nitrogen and oxygen atoms in total. The third kappa shape index (κ3) is 2.31. The molecule has 0 spiro atoms. The summed E-state index contributed by atoms with van der Waals surface area (Å²) in [6, 6.07) is 10.2. The van der Waals surface area contributed by atoms with E-state index in [1.54, 1.807) is 24.3 Å².